The summed E-state index contributed by atoms with van der Waals surface area (Å²) in [4.78, 5) is 25.1. The summed E-state index contributed by atoms with van der Waals surface area (Å²) in [5, 5.41) is 11.3. The molecule has 3 fully saturated rings. The number of aliphatic hydroxyl groups is 1. The third kappa shape index (κ3) is 3.63. The predicted octanol–water partition coefficient (Wildman–Crippen LogP) is 5.60. The summed E-state index contributed by atoms with van der Waals surface area (Å²) in [6.07, 6.45) is 6.54. The lowest BCUT2D eigenvalue weighted by atomic mass is 9.45. The molecule has 5 heteroatoms. The van der Waals surface area contributed by atoms with Crippen LogP contribution in [0.5, 0.6) is 0 Å². The molecule has 178 valence electrons. The van der Waals surface area contributed by atoms with Crippen LogP contribution in [0.15, 0.2) is 42.0 Å². The lowest BCUT2D eigenvalue weighted by molar-refractivity contribution is -0.172. The summed E-state index contributed by atoms with van der Waals surface area (Å²) in [5.74, 6) is 1.11. The number of benzene rings is 1. The van der Waals surface area contributed by atoms with Crippen molar-refractivity contribution in [2.75, 3.05) is 0 Å². The Morgan fingerprint density at radius 2 is 1.85 bits per heavy atom. The van der Waals surface area contributed by atoms with Gasteiger partial charge >= 0.3 is 6.16 Å². The Morgan fingerprint density at radius 3 is 2.61 bits per heavy atom. The summed E-state index contributed by atoms with van der Waals surface area (Å²) in [5.41, 5.74) is 0.900. The molecule has 7 atom stereocenters. The fourth-order valence-electron chi connectivity index (χ4n) is 7.86. The van der Waals surface area contributed by atoms with Crippen LogP contribution in [0.4, 0.5) is 4.79 Å². The van der Waals surface area contributed by atoms with E-state index in [-0.39, 0.29) is 35.2 Å². The Balaban J connectivity index is 1.44. The zero-order valence-corrected chi connectivity index (χ0v) is 20.0. The Bertz CT molecular complexity index is 966. The molecule has 3 saturated carbocycles. The molecule has 33 heavy (non-hydrogen) atoms. The van der Waals surface area contributed by atoms with Crippen molar-refractivity contribution in [3.05, 3.63) is 47.5 Å². The minimum Gasteiger partial charge on any atom is -0.431 e. The highest BCUT2D eigenvalue weighted by Gasteiger charge is 2.66. The molecular weight excluding hydrogens is 416 g/mol. The normalized spacial score (nSPS) is 41.9. The highest BCUT2D eigenvalue weighted by Crippen LogP contribution is 2.67. The van der Waals surface area contributed by atoms with Gasteiger partial charge in [-0.1, -0.05) is 49.8 Å². The molecule has 1 aromatic carbocycles. The van der Waals surface area contributed by atoms with E-state index in [9.17, 15) is 14.7 Å². The van der Waals surface area contributed by atoms with Crippen molar-refractivity contribution in [1.82, 2.24) is 0 Å². The number of carbonyl (C=O) groups excluding carboxylic acids is 2. The molecule has 0 spiro atoms. The van der Waals surface area contributed by atoms with Crippen LogP contribution >= 0.6 is 0 Å². The van der Waals surface area contributed by atoms with Crippen LogP contribution in [-0.2, 0) is 20.9 Å². The molecule has 0 radical (unpaired) electrons. The summed E-state index contributed by atoms with van der Waals surface area (Å²) >= 11 is 0. The van der Waals surface area contributed by atoms with Crippen LogP contribution in [0, 0.1) is 28.6 Å². The molecule has 4 aliphatic rings. The third-order valence-electron chi connectivity index (χ3n) is 9.88. The van der Waals surface area contributed by atoms with Gasteiger partial charge in [0, 0.05) is 17.8 Å². The number of fused-ring (bicyclic) bond motifs is 5. The van der Waals surface area contributed by atoms with E-state index in [0.717, 1.165) is 37.7 Å². The van der Waals surface area contributed by atoms with E-state index in [0.29, 0.717) is 24.7 Å². The van der Waals surface area contributed by atoms with Crippen LogP contribution in [0.3, 0.4) is 0 Å². The van der Waals surface area contributed by atoms with Crippen molar-refractivity contribution < 1.29 is 24.2 Å². The maximum Gasteiger partial charge on any atom is 0.508 e. The molecule has 5 nitrogen and oxygen atoms in total. The fraction of sp³-hybridized carbons (Fsp3) is 0.643. The monoisotopic (exact) mass is 452 g/mol. The van der Waals surface area contributed by atoms with Crippen LogP contribution in [-0.4, -0.2) is 28.8 Å². The molecule has 5 rings (SSSR count). The number of ether oxygens (including phenoxy) is 2. The van der Waals surface area contributed by atoms with Crippen molar-refractivity contribution in [3.8, 4) is 0 Å². The van der Waals surface area contributed by atoms with Crippen LogP contribution < -0.4 is 0 Å². The molecule has 0 heterocycles. The number of rotatable bonds is 3. The van der Waals surface area contributed by atoms with Gasteiger partial charge in [-0.3, -0.25) is 4.79 Å². The Labute approximate surface area is 196 Å². The third-order valence-corrected chi connectivity index (χ3v) is 9.88. The van der Waals surface area contributed by atoms with Gasteiger partial charge in [0.25, 0.3) is 0 Å². The second kappa shape index (κ2) is 7.97. The average Bonchev–Trinajstić information content (AvgIpc) is 3.02. The molecule has 0 unspecified atom stereocenters. The number of hydrogen-bond donors (Lipinski definition) is 1. The predicted molar refractivity (Wildman–Crippen MR) is 124 cm³/mol. The van der Waals surface area contributed by atoms with Gasteiger partial charge in [-0.2, -0.15) is 0 Å². The summed E-state index contributed by atoms with van der Waals surface area (Å²) in [7, 11) is 0. The fourth-order valence-corrected chi connectivity index (χ4v) is 7.86. The molecule has 1 aromatic rings. The second-order valence-electron chi connectivity index (χ2n) is 11.5. The number of hydrogen-bond acceptors (Lipinski definition) is 5. The SMILES string of the molecule is C[C@]12CCC(=O)C=C1CC[C@@H]1[C@@H]2[C@H](OC(=O)OCc2ccccc2)C[C@@]2(C)[C@H]1CC[C@]2(C)O. The van der Waals surface area contributed by atoms with Crippen molar-refractivity contribution in [1.29, 1.82) is 0 Å². The molecular formula is C28H36O5. The highest BCUT2D eigenvalue weighted by atomic mass is 16.7. The summed E-state index contributed by atoms with van der Waals surface area (Å²) in [6, 6.07) is 9.60. The van der Waals surface area contributed by atoms with Crippen molar-refractivity contribution >= 4 is 11.9 Å². The molecule has 0 amide bonds. The van der Waals surface area contributed by atoms with Gasteiger partial charge in [-0.25, -0.2) is 4.79 Å². The van der Waals surface area contributed by atoms with E-state index in [1.807, 2.05) is 43.3 Å². The standard InChI is InChI=1S/C28H36O5/c1-26-13-11-20(29)15-19(26)9-10-21-22-12-14-28(3,31)27(22,2)16-23(24(21)26)33-25(30)32-17-18-7-5-4-6-8-18/h4-8,15,21-24,31H,9-14,16-17H2,1-3H3/t21-,22-,23+,24+,26-,27-,28-/m0/s1. The van der Waals surface area contributed by atoms with Crippen LogP contribution in [0.1, 0.15) is 71.3 Å². The van der Waals surface area contributed by atoms with Gasteiger partial charge in [0.1, 0.15) is 12.7 Å². The zero-order valence-electron chi connectivity index (χ0n) is 20.0. The Kier molecular flexibility index (Phi) is 5.47. The van der Waals surface area contributed by atoms with Gasteiger partial charge in [-0.15, -0.1) is 0 Å². The van der Waals surface area contributed by atoms with Gasteiger partial charge in [-0.05, 0) is 74.3 Å². The quantitative estimate of drug-likeness (QED) is 0.604. The van der Waals surface area contributed by atoms with E-state index in [1.165, 1.54) is 5.57 Å². The van der Waals surface area contributed by atoms with Gasteiger partial charge in [0.2, 0.25) is 0 Å². The van der Waals surface area contributed by atoms with Crippen LogP contribution in [0.25, 0.3) is 0 Å². The Morgan fingerprint density at radius 1 is 1.09 bits per heavy atom. The van der Waals surface area contributed by atoms with Gasteiger partial charge < -0.3 is 14.6 Å². The van der Waals surface area contributed by atoms with Crippen molar-refractivity contribution in [3.63, 3.8) is 0 Å². The first-order valence-corrected chi connectivity index (χ1v) is 12.5. The minimum absolute atomic E-state index is 0.141. The van der Waals surface area contributed by atoms with Crippen molar-refractivity contribution in [2.45, 2.75) is 84.0 Å². The highest BCUT2D eigenvalue weighted by molar-refractivity contribution is 5.91. The first-order chi connectivity index (χ1) is 15.6. The lowest BCUT2D eigenvalue weighted by Gasteiger charge is -2.60. The smallest absolute Gasteiger partial charge is 0.431 e. The topological polar surface area (TPSA) is 72.8 Å². The van der Waals surface area contributed by atoms with E-state index < -0.39 is 11.8 Å². The van der Waals surface area contributed by atoms with Gasteiger partial charge in [0.15, 0.2) is 5.78 Å². The molecule has 0 saturated heterocycles. The second-order valence-corrected chi connectivity index (χ2v) is 11.5. The van der Waals surface area contributed by atoms with E-state index in [2.05, 4.69) is 13.8 Å². The first-order valence-electron chi connectivity index (χ1n) is 12.5. The molecule has 1 N–H and O–H groups in total. The largest absolute Gasteiger partial charge is 0.508 e. The van der Waals surface area contributed by atoms with E-state index in [1.54, 1.807) is 0 Å². The summed E-state index contributed by atoms with van der Waals surface area (Å²) < 4.78 is 11.6. The number of allylic oxidation sites excluding steroid dienone is 1. The maximum atomic E-state index is 12.9. The summed E-state index contributed by atoms with van der Waals surface area (Å²) in [6.45, 7) is 6.58. The first kappa shape index (κ1) is 22.6. The molecule has 0 bridgehead atoms. The molecule has 0 aromatic heterocycles. The zero-order chi connectivity index (χ0) is 23.4. The number of carbonyl (C=O) groups is 2. The van der Waals surface area contributed by atoms with E-state index in [4.69, 9.17) is 9.47 Å². The number of ketones is 1. The van der Waals surface area contributed by atoms with Gasteiger partial charge in [0.05, 0.1) is 5.60 Å². The van der Waals surface area contributed by atoms with Crippen molar-refractivity contribution in [2.24, 2.45) is 28.6 Å². The minimum atomic E-state index is -0.780. The van der Waals surface area contributed by atoms with Crippen LogP contribution in [0.2, 0.25) is 0 Å². The molecule has 4 aliphatic carbocycles. The average molecular weight is 453 g/mol. The van der Waals surface area contributed by atoms with E-state index >= 15 is 0 Å². The molecule has 0 aliphatic heterocycles. The maximum absolute atomic E-state index is 12.9. The Hall–Kier alpha value is -2.14. The lowest BCUT2D eigenvalue weighted by Crippen LogP contribution is -2.60.